The van der Waals surface area contributed by atoms with Gasteiger partial charge in [0.25, 0.3) is 0 Å². The topological polar surface area (TPSA) is 58.8 Å². The Hall–Kier alpha value is -0.650. The summed E-state index contributed by atoms with van der Waals surface area (Å²) in [5, 5.41) is 0. The lowest BCUT2D eigenvalue weighted by Gasteiger charge is -2.32. The number of rotatable bonds is 4. The van der Waals surface area contributed by atoms with Gasteiger partial charge in [-0.2, -0.15) is 0 Å². The second kappa shape index (κ2) is 6.33. The zero-order valence-corrected chi connectivity index (χ0v) is 10.4. The maximum Gasteiger partial charge on any atom is 0.239 e. The standard InChI is InChI=1S/C12H23N3O2/c13-11-3-1-5-15(12(11)16)6-2-4-14-7-9-17-10-8-14/h11H,1-10,13H2. The number of carbonyl (C=O) groups excluding carboxylic acids is 1. The van der Waals surface area contributed by atoms with Crippen molar-refractivity contribution in [2.45, 2.75) is 25.3 Å². The van der Waals surface area contributed by atoms with E-state index in [9.17, 15) is 4.79 Å². The SMILES string of the molecule is NC1CCCN(CCCN2CCOCC2)C1=O. The Morgan fingerprint density at radius 1 is 1.24 bits per heavy atom. The molecule has 2 aliphatic rings. The Labute approximate surface area is 103 Å². The minimum atomic E-state index is -0.257. The molecule has 0 bridgehead atoms. The first-order chi connectivity index (χ1) is 8.27. The van der Waals surface area contributed by atoms with Gasteiger partial charge in [-0.05, 0) is 19.3 Å². The lowest BCUT2D eigenvalue weighted by Crippen LogP contribution is -2.49. The van der Waals surface area contributed by atoms with Crippen molar-refractivity contribution in [1.82, 2.24) is 9.80 Å². The highest BCUT2D eigenvalue weighted by molar-refractivity contribution is 5.82. The van der Waals surface area contributed by atoms with E-state index in [4.69, 9.17) is 10.5 Å². The number of ether oxygens (including phenoxy) is 1. The van der Waals surface area contributed by atoms with Crippen LogP contribution >= 0.6 is 0 Å². The molecule has 0 aliphatic carbocycles. The number of nitrogens with two attached hydrogens (primary N) is 1. The first-order valence-electron chi connectivity index (χ1n) is 6.62. The van der Waals surface area contributed by atoms with E-state index < -0.39 is 0 Å². The average molecular weight is 241 g/mol. The predicted octanol–water partition coefficient (Wildman–Crippen LogP) is -0.342. The molecule has 0 aromatic heterocycles. The van der Waals surface area contributed by atoms with Crippen molar-refractivity contribution in [3.05, 3.63) is 0 Å². The third kappa shape index (κ3) is 3.66. The molecular formula is C12H23N3O2. The maximum atomic E-state index is 11.8. The Kier molecular flexibility index (Phi) is 4.76. The Bertz CT molecular complexity index is 254. The number of hydrogen-bond acceptors (Lipinski definition) is 4. The Balaban J connectivity index is 1.65. The molecule has 98 valence electrons. The minimum Gasteiger partial charge on any atom is -0.379 e. The lowest BCUT2D eigenvalue weighted by molar-refractivity contribution is -0.135. The molecule has 2 N–H and O–H groups in total. The molecule has 2 fully saturated rings. The quantitative estimate of drug-likeness (QED) is 0.731. The van der Waals surface area contributed by atoms with Crippen LogP contribution in [0.15, 0.2) is 0 Å². The second-order valence-electron chi connectivity index (χ2n) is 4.88. The van der Waals surface area contributed by atoms with Gasteiger partial charge >= 0.3 is 0 Å². The largest absolute Gasteiger partial charge is 0.379 e. The molecule has 2 rings (SSSR count). The molecule has 5 nitrogen and oxygen atoms in total. The summed E-state index contributed by atoms with van der Waals surface area (Å²) in [6.07, 6.45) is 2.93. The van der Waals surface area contributed by atoms with E-state index in [2.05, 4.69) is 4.90 Å². The fourth-order valence-electron chi connectivity index (χ4n) is 2.50. The predicted molar refractivity (Wildman–Crippen MR) is 65.7 cm³/mol. The summed E-state index contributed by atoms with van der Waals surface area (Å²) in [6, 6.07) is -0.257. The van der Waals surface area contributed by atoms with Crippen molar-refractivity contribution in [1.29, 1.82) is 0 Å². The van der Waals surface area contributed by atoms with E-state index in [1.165, 1.54) is 0 Å². The van der Waals surface area contributed by atoms with Gasteiger partial charge in [0.15, 0.2) is 0 Å². The van der Waals surface area contributed by atoms with Crippen molar-refractivity contribution in [2.75, 3.05) is 45.9 Å². The van der Waals surface area contributed by atoms with Crippen LogP contribution in [0.25, 0.3) is 0 Å². The number of likely N-dealkylation sites (tertiary alicyclic amines) is 1. The fraction of sp³-hybridized carbons (Fsp3) is 0.917. The molecule has 1 unspecified atom stereocenters. The average Bonchev–Trinajstić information content (AvgIpc) is 2.36. The molecule has 5 heteroatoms. The molecule has 17 heavy (non-hydrogen) atoms. The summed E-state index contributed by atoms with van der Waals surface area (Å²) in [6.45, 7) is 6.52. The van der Waals surface area contributed by atoms with Gasteiger partial charge in [-0.15, -0.1) is 0 Å². The monoisotopic (exact) mass is 241 g/mol. The zero-order valence-electron chi connectivity index (χ0n) is 10.4. The number of nitrogens with zero attached hydrogens (tertiary/aromatic N) is 2. The van der Waals surface area contributed by atoms with Crippen LogP contribution in [0.1, 0.15) is 19.3 Å². The van der Waals surface area contributed by atoms with Gasteiger partial charge in [-0.25, -0.2) is 0 Å². The van der Waals surface area contributed by atoms with Crippen LogP contribution in [0.5, 0.6) is 0 Å². The first kappa shape index (κ1) is 12.8. The van der Waals surface area contributed by atoms with Crippen LogP contribution in [-0.4, -0.2) is 67.7 Å². The molecule has 0 radical (unpaired) electrons. The van der Waals surface area contributed by atoms with Crippen LogP contribution in [0.4, 0.5) is 0 Å². The third-order valence-electron chi connectivity index (χ3n) is 3.58. The second-order valence-corrected chi connectivity index (χ2v) is 4.88. The van der Waals surface area contributed by atoms with Gasteiger partial charge in [0.1, 0.15) is 0 Å². The molecule has 0 saturated carbocycles. The van der Waals surface area contributed by atoms with Crippen LogP contribution in [0.3, 0.4) is 0 Å². The Morgan fingerprint density at radius 3 is 2.76 bits per heavy atom. The number of amides is 1. The molecule has 2 aliphatic heterocycles. The zero-order chi connectivity index (χ0) is 12.1. The molecule has 1 amide bonds. The number of hydrogen-bond donors (Lipinski definition) is 1. The van der Waals surface area contributed by atoms with Crippen LogP contribution < -0.4 is 5.73 Å². The van der Waals surface area contributed by atoms with E-state index in [0.29, 0.717) is 0 Å². The highest BCUT2D eigenvalue weighted by Gasteiger charge is 2.25. The van der Waals surface area contributed by atoms with Crippen molar-refractivity contribution in [3.8, 4) is 0 Å². The fourth-order valence-corrected chi connectivity index (χ4v) is 2.50. The first-order valence-corrected chi connectivity index (χ1v) is 6.62. The van der Waals surface area contributed by atoms with Gasteiger partial charge in [0.05, 0.1) is 19.3 Å². The van der Waals surface area contributed by atoms with Crippen LogP contribution in [-0.2, 0) is 9.53 Å². The van der Waals surface area contributed by atoms with Gasteiger partial charge in [0, 0.05) is 32.7 Å². The van der Waals surface area contributed by atoms with Gasteiger partial charge in [0.2, 0.25) is 5.91 Å². The highest BCUT2D eigenvalue weighted by atomic mass is 16.5. The molecule has 0 aromatic carbocycles. The van der Waals surface area contributed by atoms with Crippen molar-refractivity contribution < 1.29 is 9.53 Å². The molecule has 0 spiro atoms. The van der Waals surface area contributed by atoms with E-state index >= 15 is 0 Å². The van der Waals surface area contributed by atoms with E-state index in [-0.39, 0.29) is 11.9 Å². The number of piperidine rings is 1. The summed E-state index contributed by atoms with van der Waals surface area (Å²) < 4.78 is 5.30. The summed E-state index contributed by atoms with van der Waals surface area (Å²) in [5.74, 6) is 0.137. The number of carbonyl (C=O) groups is 1. The van der Waals surface area contributed by atoms with E-state index in [0.717, 1.165) is 65.2 Å². The van der Waals surface area contributed by atoms with Crippen molar-refractivity contribution in [2.24, 2.45) is 5.73 Å². The van der Waals surface area contributed by atoms with Crippen LogP contribution in [0.2, 0.25) is 0 Å². The van der Waals surface area contributed by atoms with Crippen molar-refractivity contribution >= 4 is 5.91 Å². The van der Waals surface area contributed by atoms with Gasteiger partial charge in [-0.3, -0.25) is 9.69 Å². The van der Waals surface area contributed by atoms with Gasteiger partial charge in [-0.1, -0.05) is 0 Å². The molecular weight excluding hydrogens is 218 g/mol. The summed E-state index contributed by atoms with van der Waals surface area (Å²) in [5.41, 5.74) is 5.77. The lowest BCUT2D eigenvalue weighted by atomic mass is 10.1. The van der Waals surface area contributed by atoms with E-state index in [1.54, 1.807) is 0 Å². The normalized spacial score (nSPS) is 27.5. The Morgan fingerprint density at radius 2 is 2.00 bits per heavy atom. The summed E-state index contributed by atoms with van der Waals surface area (Å²) in [4.78, 5) is 16.1. The molecule has 2 heterocycles. The van der Waals surface area contributed by atoms with Gasteiger partial charge < -0.3 is 15.4 Å². The van der Waals surface area contributed by atoms with Crippen LogP contribution in [0, 0.1) is 0 Å². The minimum absolute atomic E-state index is 0.137. The van der Waals surface area contributed by atoms with E-state index in [1.807, 2.05) is 4.90 Å². The van der Waals surface area contributed by atoms with Crippen molar-refractivity contribution in [3.63, 3.8) is 0 Å². The molecule has 1 atom stereocenters. The molecule has 0 aromatic rings. The summed E-state index contributed by atoms with van der Waals surface area (Å²) >= 11 is 0. The maximum absolute atomic E-state index is 11.8. The highest BCUT2D eigenvalue weighted by Crippen LogP contribution is 2.10. The molecule has 2 saturated heterocycles. The summed E-state index contributed by atoms with van der Waals surface area (Å²) in [7, 11) is 0. The number of morpholine rings is 1. The smallest absolute Gasteiger partial charge is 0.239 e. The third-order valence-corrected chi connectivity index (χ3v) is 3.58.